The first-order valence-electron chi connectivity index (χ1n) is 6.84. The molecule has 0 radical (unpaired) electrons. The number of rotatable bonds is 5. The molecule has 0 aliphatic carbocycles. The van der Waals surface area contributed by atoms with E-state index in [1.165, 1.54) is 12.1 Å². The summed E-state index contributed by atoms with van der Waals surface area (Å²) in [6.07, 6.45) is 0.721. The van der Waals surface area contributed by atoms with Crippen LogP contribution in [0.3, 0.4) is 0 Å². The lowest BCUT2D eigenvalue weighted by molar-refractivity contribution is 0.0898. The molecule has 2 unspecified atom stereocenters. The molecule has 1 heterocycles. The maximum Gasteiger partial charge on any atom is 0.126 e. The van der Waals surface area contributed by atoms with Crippen LogP contribution in [0.1, 0.15) is 31.9 Å². The first-order chi connectivity index (χ1) is 9.06. The van der Waals surface area contributed by atoms with E-state index in [-0.39, 0.29) is 12.0 Å². The molecule has 2 atom stereocenters. The number of benzene rings is 1. The largest absolute Gasteiger partial charge is 0.373 e. The molecule has 106 valence electrons. The molecule has 1 fully saturated rings. The molecule has 19 heavy (non-hydrogen) atoms. The second-order valence-corrected chi connectivity index (χ2v) is 5.60. The summed E-state index contributed by atoms with van der Waals surface area (Å²) in [4.78, 5) is 0. The van der Waals surface area contributed by atoms with E-state index in [2.05, 4.69) is 19.2 Å². The molecule has 1 N–H and O–H groups in total. The van der Waals surface area contributed by atoms with E-state index in [1.54, 1.807) is 0 Å². The zero-order valence-corrected chi connectivity index (χ0v) is 11.5. The Bertz CT molecular complexity index is 402. The topological polar surface area (TPSA) is 21.3 Å². The van der Waals surface area contributed by atoms with Crippen LogP contribution in [-0.2, 0) is 4.74 Å². The van der Waals surface area contributed by atoms with Gasteiger partial charge in [0.15, 0.2) is 0 Å². The summed E-state index contributed by atoms with van der Waals surface area (Å²) >= 11 is 0. The molecule has 2 nitrogen and oxygen atoms in total. The lowest BCUT2D eigenvalue weighted by atomic mass is 9.95. The predicted octanol–water partition coefficient (Wildman–Crippen LogP) is 3.29. The van der Waals surface area contributed by atoms with Crippen molar-refractivity contribution in [2.45, 2.75) is 26.4 Å². The zero-order chi connectivity index (χ0) is 13.8. The first kappa shape index (κ1) is 14.4. The van der Waals surface area contributed by atoms with Gasteiger partial charge in [0.1, 0.15) is 11.6 Å². The van der Waals surface area contributed by atoms with Crippen molar-refractivity contribution in [2.75, 3.05) is 19.7 Å². The van der Waals surface area contributed by atoms with Crippen LogP contribution in [0.15, 0.2) is 18.2 Å². The number of hydrogen-bond acceptors (Lipinski definition) is 2. The van der Waals surface area contributed by atoms with E-state index >= 15 is 0 Å². The van der Waals surface area contributed by atoms with E-state index < -0.39 is 11.6 Å². The second-order valence-electron chi connectivity index (χ2n) is 5.60. The van der Waals surface area contributed by atoms with E-state index in [1.807, 2.05) is 0 Å². The summed E-state index contributed by atoms with van der Waals surface area (Å²) in [5.74, 6) is -0.217. The standard InChI is InChI=1S/C15H21F2NO/c1-10(2)8-18-9-11-3-4-19-15(11)12-5-13(16)7-14(17)6-12/h5-7,10-11,15,18H,3-4,8-9H2,1-2H3. The summed E-state index contributed by atoms with van der Waals surface area (Å²) < 4.78 is 32.2. The summed E-state index contributed by atoms with van der Waals surface area (Å²) in [7, 11) is 0. The Labute approximate surface area is 113 Å². The van der Waals surface area contributed by atoms with Gasteiger partial charge in [-0.3, -0.25) is 0 Å². The van der Waals surface area contributed by atoms with Gasteiger partial charge < -0.3 is 10.1 Å². The van der Waals surface area contributed by atoms with Crippen LogP contribution in [0, 0.1) is 23.5 Å². The molecular weight excluding hydrogens is 248 g/mol. The average Bonchev–Trinajstić information content (AvgIpc) is 2.75. The van der Waals surface area contributed by atoms with E-state index in [0.717, 1.165) is 25.6 Å². The molecule has 0 bridgehead atoms. The van der Waals surface area contributed by atoms with Crippen molar-refractivity contribution in [3.63, 3.8) is 0 Å². The van der Waals surface area contributed by atoms with Gasteiger partial charge in [-0.15, -0.1) is 0 Å². The highest BCUT2D eigenvalue weighted by Gasteiger charge is 2.29. The van der Waals surface area contributed by atoms with Gasteiger partial charge in [0.25, 0.3) is 0 Å². The SMILES string of the molecule is CC(C)CNCC1CCOC1c1cc(F)cc(F)c1. The Morgan fingerprint density at radius 1 is 1.26 bits per heavy atom. The van der Waals surface area contributed by atoms with Gasteiger partial charge in [0.05, 0.1) is 6.10 Å². The summed E-state index contributed by atoms with van der Waals surface area (Å²) in [5, 5.41) is 3.39. The van der Waals surface area contributed by atoms with Crippen molar-refractivity contribution >= 4 is 0 Å². The lowest BCUT2D eigenvalue weighted by Gasteiger charge is -2.20. The fourth-order valence-corrected chi connectivity index (χ4v) is 2.51. The van der Waals surface area contributed by atoms with Crippen molar-refractivity contribution in [1.29, 1.82) is 0 Å². The Hall–Kier alpha value is -1.00. The number of nitrogens with one attached hydrogen (secondary N) is 1. The molecule has 1 aromatic carbocycles. The van der Waals surface area contributed by atoms with Crippen LogP contribution in [0.5, 0.6) is 0 Å². The van der Waals surface area contributed by atoms with Crippen LogP contribution >= 0.6 is 0 Å². The molecule has 0 aromatic heterocycles. The highest BCUT2D eigenvalue weighted by atomic mass is 19.1. The Morgan fingerprint density at radius 2 is 1.95 bits per heavy atom. The molecule has 1 saturated heterocycles. The minimum Gasteiger partial charge on any atom is -0.373 e. The normalized spacial score (nSPS) is 23.2. The zero-order valence-electron chi connectivity index (χ0n) is 11.5. The van der Waals surface area contributed by atoms with Crippen molar-refractivity contribution in [3.8, 4) is 0 Å². The van der Waals surface area contributed by atoms with Gasteiger partial charge in [0.2, 0.25) is 0 Å². The molecule has 2 rings (SSSR count). The molecule has 1 aliphatic rings. The smallest absolute Gasteiger partial charge is 0.126 e. The third-order valence-electron chi connectivity index (χ3n) is 3.39. The fourth-order valence-electron chi connectivity index (χ4n) is 2.51. The monoisotopic (exact) mass is 269 g/mol. The van der Waals surface area contributed by atoms with Gasteiger partial charge in [-0.2, -0.15) is 0 Å². The van der Waals surface area contributed by atoms with Crippen LogP contribution in [0.25, 0.3) is 0 Å². The highest BCUT2D eigenvalue weighted by Crippen LogP contribution is 2.34. The molecule has 1 aliphatic heterocycles. The Morgan fingerprint density at radius 3 is 2.58 bits per heavy atom. The van der Waals surface area contributed by atoms with Gasteiger partial charge in [-0.1, -0.05) is 13.8 Å². The second kappa shape index (κ2) is 6.44. The van der Waals surface area contributed by atoms with E-state index in [0.29, 0.717) is 18.1 Å². The molecular formula is C15H21F2NO. The molecule has 4 heteroatoms. The Balaban J connectivity index is 2.01. The van der Waals surface area contributed by atoms with Gasteiger partial charge in [-0.25, -0.2) is 8.78 Å². The molecule has 0 saturated carbocycles. The number of halogens is 2. The summed E-state index contributed by atoms with van der Waals surface area (Å²) in [5.41, 5.74) is 0.603. The predicted molar refractivity (Wildman–Crippen MR) is 70.9 cm³/mol. The minimum absolute atomic E-state index is 0.204. The van der Waals surface area contributed by atoms with Crippen molar-refractivity contribution in [2.24, 2.45) is 11.8 Å². The third-order valence-corrected chi connectivity index (χ3v) is 3.39. The third kappa shape index (κ3) is 3.98. The lowest BCUT2D eigenvalue weighted by Crippen LogP contribution is -2.28. The average molecular weight is 269 g/mol. The Kier molecular flexibility index (Phi) is 4.88. The van der Waals surface area contributed by atoms with Crippen molar-refractivity contribution in [1.82, 2.24) is 5.32 Å². The fraction of sp³-hybridized carbons (Fsp3) is 0.600. The first-order valence-corrected chi connectivity index (χ1v) is 6.84. The minimum atomic E-state index is -0.542. The van der Waals surface area contributed by atoms with Crippen LogP contribution in [-0.4, -0.2) is 19.7 Å². The van der Waals surface area contributed by atoms with E-state index in [4.69, 9.17) is 4.74 Å². The molecule has 0 amide bonds. The van der Waals surface area contributed by atoms with Gasteiger partial charge in [-0.05, 0) is 36.6 Å². The van der Waals surface area contributed by atoms with Crippen LogP contribution in [0.4, 0.5) is 8.78 Å². The van der Waals surface area contributed by atoms with Crippen molar-refractivity contribution < 1.29 is 13.5 Å². The number of ether oxygens (including phenoxy) is 1. The van der Waals surface area contributed by atoms with E-state index in [9.17, 15) is 8.78 Å². The summed E-state index contributed by atoms with van der Waals surface area (Å²) in [6, 6.07) is 3.63. The quantitative estimate of drug-likeness (QED) is 0.885. The van der Waals surface area contributed by atoms with Gasteiger partial charge in [0, 0.05) is 25.1 Å². The molecule has 0 spiro atoms. The maximum atomic E-state index is 13.3. The highest BCUT2D eigenvalue weighted by molar-refractivity contribution is 5.21. The van der Waals surface area contributed by atoms with Crippen molar-refractivity contribution in [3.05, 3.63) is 35.4 Å². The van der Waals surface area contributed by atoms with Crippen LogP contribution < -0.4 is 5.32 Å². The summed E-state index contributed by atoms with van der Waals surface area (Å²) in [6.45, 7) is 6.72. The maximum absolute atomic E-state index is 13.3. The molecule has 1 aromatic rings. The van der Waals surface area contributed by atoms with Crippen LogP contribution in [0.2, 0.25) is 0 Å². The number of hydrogen-bond donors (Lipinski definition) is 1. The van der Waals surface area contributed by atoms with Gasteiger partial charge >= 0.3 is 0 Å².